The van der Waals surface area contributed by atoms with Gasteiger partial charge in [0.15, 0.2) is 0 Å². The van der Waals surface area contributed by atoms with Crippen molar-refractivity contribution in [1.29, 1.82) is 0 Å². The van der Waals surface area contributed by atoms with Crippen molar-refractivity contribution in [3.8, 4) is 0 Å². The summed E-state index contributed by atoms with van der Waals surface area (Å²) < 4.78 is 0. The quantitative estimate of drug-likeness (QED) is 0.689. The Labute approximate surface area is 83.9 Å². The average Bonchev–Trinajstić information content (AvgIpc) is 2.01. The molecule has 0 aliphatic carbocycles. The second-order valence-corrected chi connectivity index (χ2v) is 3.84. The van der Waals surface area contributed by atoms with E-state index in [2.05, 4.69) is 0 Å². The first-order valence-electron chi connectivity index (χ1n) is 4.87. The lowest BCUT2D eigenvalue weighted by molar-refractivity contribution is -0.156. The van der Waals surface area contributed by atoms with Crippen molar-refractivity contribution in [2.45, 2.75) is 33.6 Å². The Kier molecular flexibility index (Phi) is 5.20. The van der Waals surface area contributed by atoms with E-state index in [9.17, 15) is 9.59 Å². The van der Waals surface area contributed by atoms with Crippen LogP contribution in [0.5, 0.6) is 0 Å². The predicted octanol–water partition coefficient (Wildman–Crippen LogP) is 1.84. The number of aliphatic carboxylic acids is 2. The van der Waals surface area contributed by atoms with Crippen LogP contribution in [0.2, 0.25) is 0 Å². The van der Waals surface area contributed by atoms with Crippen LogP contribution >= 0.6 is 0 Å². The molecule has 0 amide bonds. The van der Waals surface area contributed by atoms with Crippen molar-refractivity contribution < 1.29 is 19.8 Å². The van der Waals surface area contributed by atoms with Crippen LogP contribution in [-0.4, -0.2) is 22.2 Å². The van der Waals surface area contributed by atoms with Crippen LogP contribution in [-0.2, 0) is 9.59 Å². The van der Waals surface area contributed by atoms with Gasteiger partial charge < -0.3 is 10.2 Å². The smallest absolute Gasteiger partial charge is 0.307 e. The molecule has 14 heavy (non-hydrogen) atoms. The van der Waals surface area contributed by atoms with E-state index in [1.54, 1.807) is 13.8 Å². The molecule has 0 radical (unpaired) electrons. The fourth-order valence-corrected chi connectivity index (χ4v) is 1.69. The van der Waals surface area contributed by atoms with Gasteiger partial charge in [-0.15, -0.1) is 0 Å². The Hall–Kier alpha value is -1.06. The summed E-state index contributed by atoms with van der Waals surface area (Å²) >= 11 is 0. The van der Waals surface area contributed by atoms with E-state index in [0.717, 1.165) is 0 Å². The first kappa shape index (κ1) is 12.9. The zero-order valence-corrected chi connectivity index (χ0v) is 8.86. The van der Waals surface area contributed by atoms with E-state index >= 15 is 0 Å². The highest BCUT2D eigenvalue weighted by Crippen LogP contribution is 2.25. The minimum absolute atomic E-state index is 0.153. The molecule has 82 valence electrons. The van der Waals surface area contributed by atoms with E-state index in [0.29, 0.717) is 12.8 Å². The van der Waals surface area contributed by atoms with Crippen LogP contribution < -0.4 is 0 Å². The van der Waals surface area contributed by atoms with Crippen LogP contribution in [0.15, 0.2) is 0 Å². The van der Waals surface area contributed by atoms with E-state index < -0.39 is 23.8 Å². The molecule has 0 spiro atoms. The van der Waals surface area contributed by atoms with Gasteiger partial charge in [-0.3, -0.25) is 9.59 Å². The van der Waals surface area contributed by atoms with Gasteiger partial charge in [-0.05, 0) is 12.3 Å². The van der Waals surface area contributed by atoms with Crippen molar-refractivity contribution in [2.24, 2.45) is 17.8 Å². The maximum absolute atomic E-state index is 10.9. The number of hydrogen-bond donors (Lipinski definition) is 2. The largest absolute Gasteiger partial charge is 0.481 e. The van der Waals surface area contributed by atoms with Crippen LogP contribution in [0, 0.1) is 17.8 Å². The minimum atomic E-state index is -1.01. The van der Waals surface area contributed by atoms with Crippen molar-refractivity contribution >= 4 is 11.9 Å². The summed E-state index contributed by atoms with van der Waals surface area (Å²) in [7, 11) is 0. The number of hydrogen-bond acceptors (Lipinski definition) is 2. The average molecular weight is 202 g/mol. The number of carboxylic acids is 2. The fraction of sp³-hybridized carbons (Fsp3) is 0.800. The Morgan fingerprint density at radius 2 is 1.64 bits per heavy atom. The summed E-state index contributed by atoms with van der Waals surface area (Å²) in [6.07, 6.45) is 1.11. The van der Waals surface area contributed by atoms with Gasteiger partial charge in [0, 0.05) is 0 Å². The second kappa shape index (κ2) is 5.62. The molecule has 0 bridgehead atoms. The third-order valence-electron chi connectivity index (χ3n) is 2.35. The molecule has 0 aliphatic rings. The van der Waals surface area contributed by atoms with E-state index in [4.69, 9.17) is 10.2 Å². The van der Waals surface area contributed by atoms with E-state index in [1.165, 1.54) is 0 Å². The molecule has 0 aromatic rings. The summed E-state index contributed by atoms with van der Waals surface area (Å²) in [4.78, 5) is 21.8. The molecule has 0 fully saturated rings. The lowest BCUT2D eigenvalue weighted by atomic mass is 9.81. The summed E-state index contributed by atoms with van der Waals surface area (Å²) in [6, 6.07) is 0. The molecule has 0 aromatic heterocycles. The van der Waals surface area contributed by atoms with Crippen LogP contribution in [0.3, 0.4) is 0 Å². The Bertz CT molecular complexity index is 210. The van der Waals surface area contributed by atoms with Crippen molar-refractivity contribution in [2.75, 3.05) is 0 Å². The number of carbonyl (C=O) groups is 2. The van der Waals surface area contributed by atoms with E-state index in [-0.39, 0.29) is 5.92 Å². The van der Waals surface area contributed by atoms with Crippen molar-refractivity contribution in [3.63, 3.8) is 0 Å². The molecule has 2 atom stereocenters. The molecule has 2 unspecified atom stereocenters. The second-order valence-electron chi connectivity index (χ2n) is 3.84. The summed E-state index contributed by atoms with van der Waals surface area (Å²) in [6.45, 7) is 5.34. The Morgan fingerprint density at radius 1 is 1.14 bits per heavy atom. The maximum atomic E-state index is 10.9. The van der Waals surface area contributed by atoms with Gasteiger partial charge >= 0.3 is 11.9 Å². The Morgan fingerprint density at radius 3 is 1.86 bits per heavy atom. The summed E-state index contributed by atoms with van der Waals surface area (Å²) in [5.74, 6) is -3.72. The first-order chi connectivity index (χ1) is 6.41. The van der Waals surface area contributed by atoms with Crippen molar-refractivity contribution in [1.82, 2.24) is 0 Å². The summed E-state index contributed by atoms with van der Waals surface area (Å²) in [5, 5.41) is 17.8. The van der Waals surface area contributed by atoms with Gasteiger partial charge in [0.2, 0.25) is 0 Å². The first-order valence-corrected chi connectivity index (χ1v) is 4.87. The third-order valence-corrected chi connectivity index (χ3v) is 2.35. The van der Waals surface area contributed by atoms with Crippen LogP contribution in [0.4, 0.5) is 0 Å². The summed E-state index contributed by atoms with van der Waals surface area (Å²) in [5.41, 5.74) is 0. The van der Waals surface area contributed by atoms with Crippen molar-refractivity contribution in [3.05, 3.63) is 0 Å². The molecule has 0 rings (SSSR count). The van der Waals surface area contributed by atoms with Gasteiger partial charge in [-0.25, -0.2) is 0 Å². The molecule has 0 saturated carbocycles. The highest BCUT2D eigenvalue weighted by atomic mass is 16.4. The van der Waals surface area contributed by atoms with Gasteiger partial charge in [-0.2, -0.15) is 0 Å². The molecule has 2 N–H and O–H groups in total. The molecular weight excluding hydrogens is 184 g/mol. The van der Waals surface area contributed by atoms with Crippen LogP contribution in [0.25, 0.3) is 0 Å². The molecule has 0 heterocycles. The fourth-order valence-electron chi connectivity index (χ4n) is 1.69. The van der Waals surface area contributed by atoms with E-state index in [1.807, 2.05) is 6.92 Å². The van der Waals surface area contributed by atoms with Gasteiger partial charge in [-0.1, -0.05) is 27.2 Å². The van der Waals surface area contributed by atoms with Crippen LogP contribution in [0.1, 0.15) is 33.6 Å². The molecule has 0 aromatic carbocycles. The third kappa shape index (κ3) is 3.36. The van der Waals surface area contributed by atoms with Gasteiger partial charge in [0.25, 0.3) is 0 Å². The predicted molar refractivity (Wildman–Crippen MR) is 52.0 cm³/mol. The maximum Gasteiger partial charge on any atom is 0.307 e. The molecule has 0 aliphatic heterocycles. The normalized spacial score (nSPS) is 15.1. The lowest BCUT2D eigenvalue weighted by Gasteiger charge is -2.22. The number of rotatable bonds is 6. The molecule has 0 saturated heterocycles. The SMILES string of the molecule is CCCC(C(=O)O)C(C(=O)O)C(C)C. The highest BCUT2D eigenvalue weighted by Gasteiger charge is 2.35. The topological polar surface area (TPSA) is 74.6 Å². The molecule has 4 nitrogen and oxygen atoms in total. The molecular formula is C10H18O4. The monoisotopic (exact) mass is 202 g/mol. The Balaban J connectivity index is 4.73. The van der Waals surface area contributed by atoms with Gasteiger partial charge in [0.1, 0.15) is 0 Å². The standard InChI is InChI=1S/C10H18O4/c1-4-5-7(9(11)12)8(6(2)3)10(13)14/h6-8H,4-5H2,1-3H3,(H,11,12)(H,13,14). The highest BCUT2D eigenvalue weighted by molar-refractivity contribution is 5.80. The van der Waals surface area contributed by atoms with Gasteiger partial charge in [0.05, 0.1) is 11.8 Å². The lowest BCUT2D eigenvalue weighted by Crippen LogP contribution is -2.33. The molecule has 4 heteroatoms. The number of carboxylic acid groups (broad SMARTS) is 2. The minimum Gasteiger partial charge on any atom is -0.481 e. The zero-order valence-electron chi connectivity index (χ0n) is 8.86. The zero-order chi connectivity index (χ0) is 11.3.